The van der Waals surface area contributed by atoms with Crippen LogP contribution in [0.2, 0.25) is 0 Å². The molecule has 23 heavy (non-hydrogen) atoms. The Morgan fingerprint density at radius 1 is 1.26 bits per heavy atom. The van der Waals surface area contributed by atoms with Crippen LogP contribution < -0.4 is 5.32 Å². The molecule has 2 aliphatic rings. The molecule has 7 heteroatoms. The van der Waals surface area contributed by atoms with Gasteiger partial charge in [-0.25, -0.2) is 9.79 Å². The van der Waals surface area contributed by atoms with Gasteiger partial charge >= 0.3 is 6.09 Å². The average molecular weight is 321 g/mol. The van der Waals surface area contributed by atoms with Crippen LogP contribution in [-0.2, 0) is 4.74 Å². The van der Waals surface area contributed by atoms with Crippen molar-refractivity contribution in [1.29, 1.82) is 0 Å². The molecule has 0 atom stereocenters. The van der Waals surface area contributed by atoms with Gasteiger partial charge in [-0.2, -0.15) is 4.99 Å². The lowest BCUT2D eigenvalue weighted by Crippen LogP contribution is -2.60. The van der Waals surface area contributed by atoms with E-state index >= 15 is 0 Å². The molecule has 1 amide bonds. The number of aliphatic imine (C=N–C) groups is 2. The molecule has 7 nitrogen and oxygen atoms in total. The van der Waals surface area contributed by atoms with E-state index in [-0.39, 0.29) is 11.5 Å². The summed E-state index contributed by atoms with van der Waals surface area (Å²) in [4.78, 5) is 24.2. The summed E-state index contributed by atoms with van der Waals surface area (Å²) >= 11 is 0. The van der Waals surface area contributed by atoms with E-state index in [1.54, 1.807) is 11.9 Å². The van der Waals surface area contributed by atoms with Gasteiger partial charge in [-0.05, 0) is 33.9 Å². The summed E-state index contributed by atoms with van der Waals surface area (Å²) < 4.78 is 5.41. The van der Waals surface area contributed by atoms with Gasteiger partial charge in [-0.1, -0.05) is 6.58 Å². The van der Waals surface area contributed by atoms with E-state index in [1.165, 1.54) is 0 Å². The Balaban J connectivity index is 1.92. The molecule has 2 fully saturated rings. The van der Waals surface area contributed by atoms with Gasteiger partial charge in [-0.15, -0.1) is 0 Å². The molecule has 2 heterocycles. The second kappa shape index (κ2) is 6.22. The van der Waals surface area contributed by atoms with Gasteiger partial charge < -0.3 is 19.9 Å². The second-order valence-electron chi connectivity index (χ2n) is 7.27. The maximum absolute atomic E-state index is 12.1. The van der Waals surface area contributed by atoms with Crippen molar-refractivity contribution >= 4 is 18.8 Å². The lowest BCUT2D eigenvalue weighted by Gasteiger charge is -2.47. The number of carbonyl (C=O) groups excluding carboxylic acids is 1. The zero-order valence-corrected chi connectivity index (χ0v) is 14.6. The third-order valence-corrected chi connectivity index (χ3v) is 4.09. The molecule has 0 aliphatic carbocycles. The smallest absolute Gasteiger partial charge is 0.410 e. The van der Waals surface area contributed by atoms with Crippen molar-refractivity contribution in [1.82, 2.24) is 15.1 Å². The summed E-state index contributed by atoms with van der Waals surface area (Å²) in [6.45, 7) is 16.1. The number of likely N-dealkylation sites (tertiary alicyclic amines) is 2. The van der Waals surface area contributed by atoms with Crippen LogP contribution in [0.3, 0.4) is 0 Å². The minimum absolute atomic E-state index is 0.114. The molecule has 2 rings (SSSR count). The highest BCUT2D eigenvalue weighted by atomic mass is 16.6. The lowest BCUT2D eigenvalue weighted by molar-refractivity contribution is -0.0289. The quantitative estimate of drug-likeness (QED) is 0.620. The Kier molecular flexibility index (Phi) is 4.68. The average Bonchev–Trinajstić information content (AvgIpc) is 2.86. The number of guanidine groups is 1. The van der Waals surface area contributed by atoms with E-state index in [1.807, 2.05) is 20.8 Å². The minimum atomic E-state index is -0.457. The molecule has 0 aromatic heterocycles. The Labute approximate surface area is 138 Å². The number of rotatable bonds is 2. The number of hydrogen-bond acceptors (Lipinski definition) is 4. The highest BCUT2D eigenvalue weighted by Gasteiger charge is 2.50. The van der Waals surface area contributed by atoms with Gasteiger partial charge in [0.25, 0.3) is 0 Å². The second-order valence-corrected chi connectivity index (χ2v) is 7.27. The van der Waals surface area contributed by atoms with Gasteiger partial charge in [0.2, 0.25) is 5.96 Å². The van der Waals surface area contributed by atoms with Crippen LogP contribution in [0, 0.1) is 5.41 Å². The fourth-order valence-corrected chi connectivity index (χ4v) is 2.97. The number of nitrogens with one attached hydrogen (secondary N) is 1. The first-order valence-electron chi connectivity index (χ1n) is 7.83. The molecule has 0 unspecified atom stereocenters. The number of hydrogen-bond donors (Lipinski definition) is 1. The van der Waals surface area contributed by atoms with Gasteiger partial charge in [0.15, 0.2) is 0 Å². The van der Waals surface area contributed by atoms with E-state index in [0.29, 0.717) is 11.8 Å². The molecular weight excluding hydrogens is 294 g/mol. The lowest BCUT2D eigenvalue weighted by atomic mass is 9.79. The van der Waals surface area contributed by atoms with Crippen molar-refractivity contribution in [3.63, 3.8) is 0 Å². The maximum atomic E-state index is 12.1. The van der Waals surface area contributed by atoms with E-state index in [9.17, 15) is 4.79 Å². The molecular formula is C16H27N5O2. The molecule has 128 valence electrons. The molecule has 0 radical (unpaired) electrons. The fraction of sp³-hybridized carbons (Fsp3) is 0.688. The number of ether oxygens (including phenoxy) is 1. The molecule has 2 saturated heterocycles. The third-order valence-electron chi connectivity index (χ3n) is 4.09. The predicted molar refractivity (Wildman–Crippen MR) is 91.6 cm³/mol. The van der Waals surface area contributed by atoms with Crippen molar-refractivity contribution in [3.8, 4) is 0 Å². The molecule has 2 aliphatic heterocycles. The monoisotopic (exact) mass is 321 g/mol. The zero-order chi connectivity index (χ0) is 17.3. The van der Waals surface area contributed by atoms with Gasteiger partial charge in [0, 0.05) is 38.6 Å². The summed E-state index contributed by atoms with van der Waals surface area (Å²) in [5.41, 5.74) is -0.342. The van der Waals surface area contributed by atoms with Gasteiger partial charge in [0.1, 0.15) is 11.4 Å². The first-order chi connectivity index (χ1) is 10.7. The Bertz CT molecular complexity index is 529. The van der Waals surface area contributed by atoms with Crippen LogP contribution in [0.1, 0.15) is 27.2 Å². The van der Waals surface area contributed by atoms with Crippen LogP contribution >= 0.6 is 0 Å². The maximum Gasteiger partial charge on any atom is 0.410 e. The highest BCUT2D eigenvalue weighted by Crippen LogP contribution is 2.40. The fourth-order valence-electron chi connectivity index (χ4n) is 2.97. The van der Waals surface area contributed by atoms with Crippen LogP contribution in [0.4, 0.5) is 4.79 Å². The van der Waals surface area contributed by atoms with Crippen LogP contribution in [0.25, 0.3) is 0 Å². The molecule has 1 N–H and O–H groups in total. The normalized spacial score (nSPS) is 20.3. The Morgan fingerprint density at radius 2 is 1.87 bits per heavy atom. The summed E-state index contributed by atoms with van der Waals surface area (Å²) in [6, 6.07) is 0. The van der Waals surface area contributed by atoms with Crippen molar-refractivity contribution in [2.24, 2.45) is 15.4 Å². The van der Waals surface area contributed by atoms with Crippen LogP contribution in [-0.4, -0.2) is 67.4 Å². The largest absolute Gasteiger partial charge is 0.444 e. The zero-order valence-electron chi connectivity index (χ0n) is 14.6. The number of amides is 1. The van der Waals surface area contributed by atoms with Crippen molar-refractivity contribution < 1.29 is 9.53 Å². The molecule has 0 saturated carbocycles. The topological polar surface area (TPSA) is 69.5 Å². The SMILES string of the molecule is C=NC(=NC(=C)NC)N1CCC2(CN(C(=O)OC(C)(C)C)C2)C1. The minimum Gasteiger partial charge on any atom is -0.444 e. The van der Waals surface area contributed by atoms with Crippen LogP contribution in [0.5, 0.6) is 0 Å². The molecule has 0 aromatic carbocycles. The molecule has 0 bridgehead atoms. The summed E-state index contributed by atoms with van der Waals surface area (Å²) in [5, 5.41) is 2.88. The highest BCUT2D eigenvalue weighted by molar-refractivity contribution is 5.85. The summed E-state index contributed by atoms with van der Waals surface area (Å²) in [5.74, 6) is 1.13. The van der Waals surface area contributed by atoms with Crippen molar-refractivity contribution in [2.75, 3.05) is 33.2 Å². The third kappa shape index (κ3) is 4.03. The van der Waals surface area contributed by atoms with Gasteiger partial charge in [0.05, 0.1) is 0 Å². The molecule has 1 spiro atoms. The first-order valence-corrected chi connectivity index (χ1v) is 7.83. The van der Waals surface area contributed by atoms with Crippen molar-refractivity contribution in [2.45, 2.75) is 32.8 Å². The van der Waals surface area contributed by atoms with Gasteiger partial charge in [-0.3, -0.25) is 0 Å². The van der Waals surface area contributed by atoms with E-state index < -0.39 is 5.60 Å². The first kappa shape index (κ1) is 17.3. The summed E-state index contributed by atoms with van der Waals surface area (Å²) in [6.07, 6.45) is 0.772. The van der Waals surface area contributed by atoms with E-state index in [4.69, 9.17) is 4.74 Å². The van der Waals surface area contributed by atoms with E-state index in [2.05, 4.69) is 33.5 Å². The van der Waals surface area contributed by atoms with Crippen LogP contribution in [0.15, 0.2) is 22.4 Å². The van der Waals surface area contributed by atoms with Crippen molar-refractivity contribution in [3.05, 3.63) is 12.4 Å². The van der Waals surface area contributed by atoms with E-state index in [0.717, 1.165) is 32.6 Å². The molecule has 0 aromatic rings. The summed E-state index contributed by atoms with van der Waals surface area (Å²) in [7, 11) is 1.77. The Hall–Kier alpha value is -2.05. The standard InChI is InChI=1S/C16H27N5O2/c1-12(17-5)19-13(18-6)20-8-7-16(9-20)10-21(11-16)14(22)23-15(2,3)4/h17H,1,6-11H2,2-5H3. The number of carbonyl (C=O) groups is 1. The number of nitrogens with zero attached hydrogens (tertiary/aromatic N) is 4. The Morgan fingerprint density at radius 3 is 2.39 bits per heavy atom. The predicted octanol–water partition coefficient (Wildman–Crippen LogP) is 1.68.